The number of likely N-dealkylation sites (tertiary alicyclic amines) is 1. The molecule has 1 saturated heterocycles. The van der Waals surface area contributed by atoms with Gasteiger partial charge in [-0.05, 0) is 72.2 Å². The summed E-state index contributed by atoms with van der Waals surface area (Å²) in [6.07, 6.45) is -0.160. The van der Waals surface area contributed by atoms with Crippen LogP contribution in [0.3, 0.4) is 0 Å². The monoisotopic (exact) mass is 566 g/mol. The molecule has 0 unspecified atom stereocenters. The van der Waals surface area contributed by atoms with Gasteiger partial charge in [0.15, 0.2) is 0 Å². The number of nitrogens with zero attached hydrogens (tertiary/aromatic N) is 2. The van der Waals surface area contributed by atoms with E-state index < -0.39 is 23.3 Å². The third-order valence-corrected chi connectivity index (χ3v) is 6.82. The topological polar surface area (TPSA) is 101 Å². The zero-order chi connectivity index (χ0) is 29.4. The number of furan rings is 1. The quantitative estimate of drug-likeness (QED) is 0.220. The van der Waals surface area contributed by atoms with Crippen molar-refractivity contribution in [2.45, 2.75) is 31.7 Å². The van der Waals surface area contributed by atoms with Crippen LogP contribution < -0.4 is 11.1 Å². The van der Waals surface area contributed by atoms with E-state index in [9.17, 15) is 27.2 Å². The Morgan fingerprint density at radius 1 is 1.12 bits per heavy atom. The Kier molecular flexibility index (Phi) is 7.29. The molecule has 212 valence electrons. The van der Waals surface area contributed by atoms with Crippen LogP contribution >= 0.6 is 0 Å². The molecule has 3 heterocycles. The van der Waals surface area contributed by atoms with E-state index >= 15 is 0 Å². The highest BCUT2D eigenvalue weighted by Crippen LogP contribution is 2.39. The van der Waals surface area contributed by atoms with E-state index in [1.165, 1.54) is 48.4 Å². The molecule has 4 aromatic rings. The molecule has 0 aliphatic carbocycles. The molecule has 0 radical (unpaired) electrons. The van der Waals surface area contributed by atoms with Gasteiger partial charge < -0.3 is 20.4 Å². The van der Waals surface area contributed by atoms with Crippen molar-refractivity contribution in [3.63, 3.8) is 0 Å². The Hall–Kier alpha value is -4.67. The number of hydrogen-bond donors (Lipinski definition) is 2. The summed E-state index contributed by atoms with van der Waals surface area (Å²) in [4.78, 5) is 30.3. The first-order valence-electron chi connectivity index (χ1n) is 12.8. The first kappa shape index (κ1) is 27.9. The molecule has 1 aliphatic heterocycles. The minimum atomic E-state index is -4.70. The van der Waals surface area contributed by atoms with Crippen LogP contribution in [-0.4, -0.2) is 40.5 Å². The van der Waals surface area contributed by atoms with Crippen molar-refractivity contribution in [1.29, 1.82) is 0 Å². The number of nitrogens with two attached hydrogens (primary N) is 1. The highest BCUT2D eigenvalue weighted by atomic mass is 19.4. The summed E-state index contributed by atoms with van der Waals surface area (Å²) in [6, 6.07) is 13.4. The number of rotatable bonds is 6. The van der Waals surface area contributed by atoms with Crippen molar-refractivity contribution >= 4 is 34.7 Å². The average Bonchev–Trinajstić information content (AvgIpc) is 3.52. The number of fused-ring (bicyclic) bond motifs is 1. The minimum absolute atomic E-state index is 0.00117. The van der Waals surface area contributed by atoms with E-state index in [1.54, 1.807) is 30.3 Å². The van der Waals surface area contributed by atoms with Crippen molar-refractivity contribution < 1.29 is 31.6 Å². The predicted octanol–water partition coefficient (Wildman–Crippen LogP) is 6.00. The highest BCUT2D eigenvalue weighted by molar-refractivity contribution is 5.95. The van der Waals surface area contributed by atoms with E-state index in [0.717, 1.165) is 6.07 Å². The lowest BCUT2D eigenvalue weighted by Gasteiger charge is -2.18. The van der Waals surface area contributed by atoms with Crippen LogP contribution in [0.1, 0.15) is 40.6 Å². The van der Waals surface area contributed by atoms with E-state index in [-0.39, 0.29) is 47.7 Å². The fourth-order valence-electron chi connectivity index (χ4n) is 4.68. The second-order valence-corrected chi connectivity index (χ2v) is 10.2. The second-order valence-electron chi connectivity index (χ2n) is 10.2. The van der Waals surface area contributed by atoms with Crippen LogP contribution in [0, 0.1) is 0 Å². The molecule has 0 bridgehead atoms. The third-order valence-electron chi connectivity index (χ3n) is 6.82. The number of alkyl halides is 4. The molecule has 2 aromatic carbocycles. The van der Waals surface area contributed by atoms with Gasteiger partial charge in [0.25, 0.3) is 5.91 Å². The summed E-state index contributed by atoms with van der Waals surface area (Å²) in [6.45, 7) is 1.62. The molecular weight excluding hydrogens is 540 g/mol. The summed E-state index contributed by atoms with van der Waals surface area (Å²) < 4.78 is 61.7. The highest BCUT2D eigenvalue weighted by Gasteiger charge is 2.37. The van der Waals surface area contributed by atoms with Gasteiger partial charge in [0.05, 0.1) is 18.7 Å². The maximum Gasteiger partial charge on any atom is 0.420 e. The molecule has 2 amide bonds. The molecule has 2 aromatic heterocycles. The third kappa shape index (κ3) is 6.40. The number of hydrogen-bond acceptors (Lipinski definition) is 5. The number of nitrogen functional groups attached to an aromatic ring is 1. The van der Waals surface area contributed by atoms with Gasteiger partial charge in [-0.15, -0.1) is 0 Å². The fraction of sp³-hybridized carbons (Fsp3) is 0.233. The lowest BCUT2D eigenvalue weighted by Crippen LogP contribution is -2.31. The molecule has 0 spiro atoms. The Morgan fingerprint density at radius 3 is 2.51 bits per heavy atom. The first-order chi connectivity index (χ1) is 19.4. The lowest BCUT2D eigenvalue weighted by molar-refractivity contribution is -0.136. The number of pyridine rings is 1. The minimum Gasteiger partial charge on any atom is -0.459 e. The summed E-state index contributed by atoms with van der Waals surface area (Å²) in [5.41, 5.74) is 4.51. The van der Waals surface area contributed by atoms with Gasteiger partial charge in [0.1, 0.15) is 22.8 Å². The summed E-state index contributed by atoms with van der Waals surface area (Å²) in [5, 5.41) is 2.80. The summed E-state index contributed by atoms with van der Waals surface area (Å²) in [7, 11) is 0. The van der Waals surface area contributed by atoms with Crippen LogP contribution in [-0.2, 0) is 17.5 Å². The second kappa shape index (κ2) is 10.7. The Balaban J connectivity index is 1.34. The number of carbonyl (C=O) groups excluding carboxylic acids is 2. The van der Waals surface area contributed by atoms with Gasteiger partial charge >= 0.3 is 6.18 Å². The molecule has 41 heavy (non-hydrogen) atoms. The molecule has 5 rings (SSSR count). The number of benzene rings is 2. The zero-order valence-corrected chi connectivity index (χ0v) is 22.0. The zero-order valence-electron chi connectivity index (χ0n) is 22.0. The van der Waals surface area contributed by atoms with Gasteiger partial charge in [-0.1, -0.05) is 12.1 Å². The number of anilines is 1. The van der Waals surface area contributed by atoms with Gasteiger partial charge in [-0.2, -0.15) is 13.2 Å². The van der Waals surface area contributed by atoms with Gasteiger partial charge in [0.2, 0.25) is 5.91 Å². The first-order valence-corrected chi connectivity index (χ1v) is 12.8. The normalized spacial score (nSPS) is 17.4. The Labute approximate surface area is 232 Å². The van der Waals surface area contributed by atoms with Crippen molar-refractivity contribution in [1.82, 2.24) is 15.2 Å². The van der Waals surface area contributed by atoms with Crippen LogP contribution in [0.15, 0.2) is 71.3 Å². The number of halogens is 4. The van der Waals surface area contributed by atoms with Crippen LogP contribution in [0.2, 0.25) is 0 Å². The van der Waals surface area contributed by atoms with Gasteiger partial charge in [0, 0.05) is 36.2 Å². The van der Waals surface area contributed by atoms with E-state index in [2.05, 4.69) is 10.3 Å². The van der Waals surface area contributed by atoms with Crippen molar-refractivity contribution in [3.8, 4) is 11.1 Å². The lowest BCUT2D eigenvalue weighted by atomic mass is 9.99. The Morgan fingerprint density at radius 2 is 1.88 bits per heavy atom. The number of aromatic nitrogens is 1. The maximum atomic E-state index is 14.2. The molecule has 1 fully saturated rings. The van der Waals surface area contributed by atoms with E-state index in [0.29, 0.717) is 29.1 Å². The van der Waals surface area contributed by atoms with Gasteiger partial charge in [-0.3, -0.25) is 9.59 Å². The van der Waals surface area contributed by atoms with Gasteiger partial charge in [-0.25, -0.2) is 9.37 Å². The van der Waals surface area contributed by atoms with E-state index in [4.69, 9.17) is 10.2 Å². The van der Waals surface area contributed by atoms with Crippen LogP contribution in [0.4, 0.5) is 23.4 Å². The van der Waals surface area contributed by atoms with Crippen LogP contribution in [0.5, 0.6) is 0 Å². The number of nitrogens with one attached hydrogen (secondary N) is 1. The number of carbonyl (C=O) groups is 2. The molecule has 11 heteroatoms. The summed E-state index contributed by atoms with van der Waals surface area (Å²) in [5.74, 6) is -0.316. The SMILES string of the molecule is C[C@@]1(F)CCN(C(=O)c2ccc(-c3cc(C(F)(F)F)c4oc(CNC(=O)C=Cc5ccc(N)nc5)cc4c3)cc2)C1. The van der Waals surface area contributed by atoms with Crippen molar-refractivity contribution in [2.75, 3.05) is 18.8 Å². The van der Waals surface area contributed by atoms with Crippen molar-refractivity contribution in [3.05, 3.63) is 89.3 Å². The van der Waals surface area contributed by atoms with Crippen molar-refractivity contribution in [2.24, 2.45) is 0 Å². The maximum absolute atomic E-state index is 14.2. The standard InChI is InChI=1S/C30H26F4N4O3/c1-29(31)10-11-38(17-29)28(40)20-6-4-19(5-7-20)21-12-22-13-23(41-27(22)24(14-21)30(32,33)34)16-37-26(39)9-3-18-2-8-25(35)36-15-18/h2-9,12-15H,10-11,16-17H2,1H3,(H2,35,36)(H,37,39)/t29-/m1/s1. The molecule has 1 aliphatic rings. The molecule has 7 nitrogen and oxygen atoms in total. The fourth-order valence-corrected chi connectivity index (χ4v) is 4.68. The molecule has 0 saturated carbocycles. The van der Waals surface area contributed by atoms with E-state index in [1.807, 2.05) is 0 Å². The largest absolute Gasteiger partial charge is 0.459 e. The molecular formula is C30H26F4N4O3. The molecule has 3 N–H and O–H groups in total. The number of amides is 2. The molecule has 1 atom stereocenters. The smallest absolute Gasteiger partial charge is 0.420 e. The predicted molar refractivity (Wildman–Crippen MR) is 146 cm³/mol. The Bertz CT molecular complexity index is 1620. The summed E-state index contributed by atoms with van der Waals surface area (Å²) >= 11 is 0. The van der Waals surface area contributed by atoms with Crippen LogP contribution in [0.25, 0.3) is 28.2 Å². The average molecular weight is 567 g/mol.